The maximum atomic E-state index is 5.21. The largest absolute Gasteiger partial charge is 0.472 e. The molecule has 0 amide bonds. The second kappa shape index (κ2) is 6.10. The fraction of sp³-hybridized carbons (Fsp3) is 0. The second-order valence-corrected chi connectivity index (χ2v) is 6.56. The predicted octanol–water partition coefficient (Wildman–Crippen LogP) is 4.22. The number of hydrogen-bond donors (Lipinski definition) is 2. The molecule has 8 nitrogen and oxygen atoms in total. The zero-order valence-corrected chi connectivity index (χ0v) is 15.0. The standard InChI is InChI=1S/C21H13N7O/c1-2-7-23-14(3-1)15-4-5-16-19(24-15)20(28-27-16)21-25-17-10-22-9-13(18(17)26-21)12-6-8-29-11-12/h1-11H,(H,25,26)(H,27,28). The van der Waals surface area contributed by atoms with Crippen LogP contribution in [0.2, 0.25) is 0 Å². The lowest BCUT2D eigenvalue weighted by Crippen LogP contribution is -1.88. The van der Waals surface area contributed by atoms with Gasteiger partial charge in [0.15, 0.2) is 11.5 Å². The van der Waals surface area contributed by atoms with Crippen LogP contribution in [0.3, 0.4) is 0 Å². The summed E-state index contributed by atoms with van der Waals surface area (Å²) < 4.78 is 5.21. The van der Waals surface area contributed by atoms with E-state index in [-0.39, 0.29) is 0 Å². The Hall–Kier alpha value is -4.33. The first-order valence-corrected chi connectivity index (χ1v) is 9.00. The van der Waals surface area contributed by atoms with Gasteiger partial charge in [-0.3, -0.25) is 15.1 Å². The maximum absolute atomic E-state index is 5.21. The first-order chi connectivity index (χ1) is 14.4. The fourth-order valence-corrected chi connectivity index (χ4v) is 3.40. The molecule has 6 aromatic rings. The Labute approximate surface area is 163 Å². The molecule has 0 radical (unpaired) electrons. The molecule has 0 aliphatic carbocycles. The summed E-state index contributed by atoms with van der Waals surface area (Å²) in [4.78, 5) is 21.6. The monoisotopic (exact) mass is 379 g/mol. The van der Waals surface area contributed by atoms with Gasteiger partial charge in [-0.15, -0.1) is 0 Å². The smallest absolute Gasteiger partial charge is 0.161 e. The molecule has 0 aliphatic rings. The van der Waals surface area contributed by atoms with Gasteiger partial charge >= 0.3 is 0 Å². The third-order valence-electron chi connectivity index (χ3n) is 4.79. The molecule has 0 fully saturated rings. The van der Waals surface area contributed by atoms with Crippen LogP contribution in [-0.2, 0) is 0 Å². The molecule has 2 N–H and O–H groups in total. The lowest BCUT2D eigenvalue weighted by Gasteiger charge is -2.00. The zero-order valence-electron chi connectivity index (χ0n) is 15.0. The minimum atomic E-state index is 0.620. The van der Waals surface area contributed by atoms with Crippen LogP contribution in [0.1, 0.15) is 0 Å². The summed E-state index contributed by atoms with van der Waals surface area (Å²) in [5.41, 5.74) is 7.20. The number of rotatable bonds is 3. The highest BCUT2D eigenvalue weighted by Crippen LogP contribution is 2.31. The average Bonchev–Trinajstić information content (AvgIpc) is 3.52. The van der Waals surface area contributed by atoms with Crippen LogP contribution in [0, 0.1) is 0 Å². The normalized spacial score (nSPS) is 11.4. The van der Waals surface area contributed by atoms with Gasteiger partial charge in [-0.05, 0) is 30.3 Å². The van der Waals surface area contributed by atoms with Gasteiger partial charge in [0, 0.05) is 23.5 Å². The molecule has 6 aromatic heterocycles. The second-order valence-electron chi connectivity index (χ2n) is 6.56. The Morgan fingerprint density at radius 3 is 2.72 bits per heavy atom. The first kappa shape index (κ1) is 15.7. The Morgan fingerprint density at radius 1 is 0.862 bits per heavy atom. The third kappa shape index (κ3) is 2.50. The summed E-state index contributed by atoms with van der Waals surface area (Å²) >= 11 is 0. The van der Waals surface area contributed by atoms with Crippen LogP contribution in [0.25, 0.3) is 56.1 Å². The van der Waals surface area contributed by atoms with Gasteiger partial charge in [0.2, 0.25) is 0 Å². The number of imidazole rings is 1. The molecule has 8 heteroatoms. The van der Waals surface area contributed by atoms with Crippen molar-refractivity contribution in [1.29, 1.82) is 0 Å². The molecule has 0 spiro atoms. The summed E-state index contributed by atoms with van der Waals surface area (Å²) in [6, 6.07) is 11.5. The number of nitrogens with zero attached hydrogens (tertiary/aromatic N) is 5. The van der Waals surface area contributed by atoms with E-state index >= 15 is 0 Å². The Bertz CT molecular complexity index is 1450. The van der Waals surface area contributed by atoms with Crippen molar-refractivity contribution < 1.29 is 4.42 Å². The SMILES string of the molecule is c1ccc(-c2ccc3[nH]nc(-c4nc5c(-c6ccoc6)cncc5[nH]4)c3n2)nc1. The Morgan fingerprint density at radius 2 is 1.86 bits per heavy atom. The van der Waals surface area contributed by atoms with Gasteiger partial charge in [0.05, 0.1) is 41.1 Å². The molecular weight excluding hydrogens is 366 g/mol. The number of H-pyrrole nitrogens is 2. The van der Waals surface area contributed by atoms with Crippen molar-refractivity contribution in [1.82, 2.24) is 35.1 Å². The molecule has 138 valence electrons. The third-order valence-corrected chi connectivity index (χ3v) is 4.79. The molecule has 6 rings (SSSR count). The number of furan rings is 1. The summed E-state index contributed by atoms with van der Waals surface area (Å²) in [6.07, 6.45) is 8.58. The summed E-state index contributed by atoms with van der Waals surface area (Å²) in [6.45, 7) is 0. The van der Waals surface area contributed by atoms with E-state index in [0.717, 1.165) is 44.6 Å². The van der Waals surface area contributed by atoms with E-state index in [1.54, 1.807) is 31.1 Å². The van der Waals surface area contributed by atoms with E-state index in [9.17, 15) is 0 Å². The quantitative estimate of drug-likeness (QED) is 0.476. The molecule has 6 heterocycles. The van der Waals surface area contributed by atoms with Crippen LogP contribution in [0.4, 0.5) is 0 Å². The number of fused-ring (bicyclic) bond motifs is 2. The maximum Gasteiger partial charge on any atom is 0.161 e. The van der Waals surface area contributed by atoms with Gasteiger partial charge in [0.25, 0.3) is 0 Å². The highest BCUT2D eigenvalue weighted by Gasteiger charge is 2.17. The van der Waals surface area contributed by atoms with Crippen molar-refractivity contribution in [2.45, 2.75) is 0 Å². The topological polar surface area (TPSA) is 109 Å². The summed E-state index contributed by atoms with van der Waals surface area (Å²) in [5.74, 6) is 0.620. The van der Waals surface area contributed by atoms with Gasteiger partial charge in [-0.1, -0.05) is 6.07 Å². The number of nitrogens with one attached hydrogen (secondary N) is 2. The summed E-state index contributed by atoms with van der Waals surface area (Å²) in [5, 5.41) is 7.48. The highest BCUT2D eigenvalue weighted by atomic mass is 16.3. The van der Waals surface area contributed by atoms with E-state index < -0.39 is 0 Å². The van der Waals surface area contributed by atoms with Gasteiger partial charge in [0.1, 0.15) is 11.0 Å². The zero-order chi connectivity index (χ0) is 19.2. The van der Waals surface area contributed by atoms with E-state index in [2.05, 4.69) is 25.1 Å². The molecular formula is C21H13N7O. The molecule has 0 atom stereocenters. The van der Waals surface area contributed by atoms with Crippen molar-refractivity contribution in [3.63, 3.8) is 0 Å². The molecule has 0 unspecified atom stereocenters. The van der Waals surface area contributed by atoms with E-state index in [4.69, 9.17) is 14.4 Å². The van der Waals surface area contributed by atoms with Crippen LogP contribution in [0.15, 0.2) is 71.9 Å². The minimum Gasteiger partial charge on any atom is -0.472 e. The first-order valence-electron chi connectivity index (χ1n) is 9.00. The van der Waals surface area contributed by atoms with Crippen LogP contribution < -0.4 is 0 Å². The van der Waals surface area contributed by atoms with E-state index in [0.29, 0.717) is 11.5 Å². The van der Waals surface area contributed by atoms with Crippen molar-refractivity contribution in [3.8, 4) is 34.0 Å². The minimum absolute atomic E-state index is 0.620. The van der Waals surface area contributed by atoms with Crippen LogP contribution in [0.5, 0.6) is 0 Å². The molecule has 0 saturated carbocycles. The lowest BCUT2D eigenvalue weighted by atomic mass is 10.1. The average molecular weight is 379 g/mol. The van der Waals surface area contributed by atoms with E-state index in [1.807, 2.05) is 36.4 Å². The highest BCUT2D eigenvalue weighted by molar-refractivity contribution is 5.95. The lowest BCUT2D eigenvalue weighted by molar-refractivity contribution is 0.568. The predicted molar refractivity (Wildman–Crippen MR) is 108 cm³/mol. The van der Waals surface area contributed by atoms with Gasteiger partial charge in [-0.2, -0.15) is 5.10 Å². The van der Waals surface area contributed by atoms with Crippen LogP contribution in [-0.4, -0.2) is 35.1 Å². The van der Waals surface area contributed by atoms with Gasteiger partial charge < -0.3 is 9.40 Å². The van der Waals surface area contributed by atoms with Gasteiger partial charge in [-0.25, -0.2) is 9.97 Å². The Balaban J connectivity index is 1.53. The molecule has 0 aromatic carbocycles. The molecule has 0 aliphatic heterocycles. The molecule has 29 heavy (non-hydrogen) atoms. The summed E-state index contributed by atoms with van der Waals surface area (Å²) in [7, 11) is 0. The molecule has 0 bridgehead atoms. The Kier molecular flexibility index (Phi) is 3.30. The fourth-order valence-electron chi connectivity index (χ4n) is 3.40. The number of aromatic amines is 2. The number of hydrogen-bond acceptors (Lipinski definition) is 6. The molecule has 0 saturated heterocycles. The van der Waals surface area contributed by atoms with Crippen molar-refractivity contribution in [3.05, 3.63) is 67.5 Å². The van der Waals surface area contributed by atoms with Crippen molar-refractivity contribution in [2.75, 3.05) is 0 Å². The number of pyridine rings is 3. The number of aromatic nitrogens is 7. The van der Waals surface area contributed by atoms with E-state index in [1.165, 1.54) is 0 Å². The van der Waals surface area contributed by atoms with Crippen LogP contribution >= 0.6 is 0 Å². The van der Waals surface area contributed by atoms with Crippen molar-refractivity contribution in [2.24, 2.45) is 0 Å². The van der Waals surface area contributed by atoms with Crippen molar-refractivity contribution >= 4 is 22.1 Å².